The fourth-order valence-corrected chi connectivity index (χ4v) is 3.25. The van der Waals surface area contributed by atoms with Crippen molar-refractivity contribution in [1.82, 2.24) is 0 Å². The largest absolute Gasteiger partial charge is 0.392 e. The van der Waals surface area contributed by atoms with Crippen molar-refractivity contribution in [2.45, 2.75) is 50.4 Å². The summed E-state index contributed by atoms with van der Waals surface area (Å²) in [6, 6.07) is 0. The van der Waals surface area contributed by atoms with Crippen LogP contribution in [0.25, 0.3) is 0 Å². The summed E-state index contributed by atoms with van der Waals surface area (Å²) in [5.74, 6) is 0. The van der Waals surface area contributed by atoms with Crippen LogP contribution in [-0.4, -0.2) is 22.9 Å². The van der Waals surface area contributed by atoms with Gasteiger partial charge >= 0.3 is 0 Å². The van der Waals surface area contributed by atoms with Gasteiger partial charge in [-0.3, -0.25) is 0 Å². The van der Waals surface area contributed by atoms with Gasteiger partial charge in [-0.05, 0) is 25.7 Å². The summed E-state index contributed by atoms with van der Waals surface area (Å²) in [6.45, 7) is 2.15. The molecule has 0 bridgehead atoms. The lowest BCUT2D eigenvalue weighted by Gasteiger charge is -2.43. The van der Waals surface area contributed by atoms with E-state index >= 15 is 0 Å². The first-order chi connectivity index (χ1) is 6.19. The predicted octanol–water partition coefficient (Wildman–Crippen LogP) is 1.64. The Kier molecular flexibility index (Phi) is 1.34. The van der Waals surface area contributed by atoms with E-state index in [9.17, 15) is 5.11 Å². The van der Waals surface area contributed by atoms with Gasteiger partial charge in [-0.2, -0.15) is 0 Å². The van der Waals surface area contributed by atoms with Crippen LogP contribution in [0.5, 0.6) is 0 Å². The van der Waals surface area contributed by atoms with E-state index in [4.69, 9.17) is 4.74 Å². The summed E-state index contributed by atoms with van der Waals surface area (Å²) in [6.07, 6.45) is 8.77. The molecule has 1 saturated carbocycles. The second-order valence-corrected chi connectivity index (χ2v) is 4.82. The highest BCUT2D eigenvalue weighted by molar-refractivity contribution is 5.28. The lowest BCUT2D eigenvalue weighted by molar-refractivity contribution is -0.0270. The Balaban J connectivity index is 2.04. The van der Waals surface area contributed by atoms with Gasteiger partial charge < -0.3 is 9.84 Å². The van der Waals surface area contributed by atoms with E-state index in [-0.39, 0.29) is 17.1 Å². The highest BCUT2D eigenvalue weighted by atomic mass is 16.6. The maximum absolute atomic E-state index is 10.0. The third-order valence-electron chi connectivity index (χ3n) is 4.26. The Morgan fingerprint density at radius 1 is 1.54 bits per heavy atom. The molecule has 2 heteroatoms. The Bertz CT molecular complexity index is 273. The number of aliphatic hydroxyl groups excluding tert-OH is 1. The molecule has 3 aliphatic rings. The van der Waals surface area contributed by atoms with Crippen molar-refractivity contribution in [1.29, 1.82) is 0 Å². The first kappa shape index (κ1) is 8.01. The zero-order chi connectivity index (χ0) is 9.10. The lowest BCUT2D eigenvalue weighted by atomic mass is 9.61. The molecule has 0 amide bonds. The van der Waals surface area contributed by atoms with Gasteiger partial charge in [0.1, 0.15) is 5.60 Å². The summed E-state index contributed by atoms with van der Waals surface area (Å²) in [7, 11) is 0. The van der Waals surface area contributed by atoms with Crippen molar-refractivity contribution in [3.8, 4) is 0 Å². The molecule has 2 unspecified atom stereocenters. The minimum atomic E-state index is -0.206. The fourth-order valence-electron chi connectivity index (χ4n) is 3.25. The van der Waals surface area contributed by atoms with Gasteiger partial charge in [0.25, 0.3) is 0 Å². The molecular formula is C11H16O2. The smallest absolute Gasteiger partial charge is 0.106 e. The van der Waals surface area contributed by atoms with Crippen LogP contribution in [0.4, 0.5) is 0 Å². The van der Waals surface area contributed by atoms with Crippen LogP contribution in [-0.2, 0) is 4.74 Å². The molecular weight excluding hydrogens is 164 g/mol. The first-order valence-corrected chi connectivity index (χ1v) is 5.23. The third-order valence-corrected chi connectivity index (χ3v) is 4.26. The average Bonchev–Trinajstić information content (AvgIpc) is 2.79. The maximum Gasteiger partial charge on any atom is 0.106 e. The van der Waals surface area contributed by atoms with Crippen molar-refractivity contribution >= 4 is 0 Å². The molecule has 4 atom stereocenters. The maximum atomic E-state index is 10.0. The Morgan fingerprint density at radius 3 is 3.15 bits per heavy atom. The van der Waals surface area contributed by atoms with Gasteiger partial charge in [0, 0.05) is 5.41 Å². The van der Waals surface area contributed by atoms with Crippen molar-refractivity contribution in [2.24, 2.45) is 5.41 Å². The molecule has 13 heavy (non-hydrogen) atoms. The van der Waals surface area contributed by atoms with Crippen molar-refractivity contribution < 1.29 is 9.84 Å². The van der Waals surface area contributed by atoms with Crippen LogP contribution in [0.15, 0.2) is 12.2 Å². The second kappa shape index (κ2) is 2.18. The minimum Gasteiger partial charge on any atom is -0.392 e. The normalized spacial score (nSPS) is 58.3. The summed E-state index contributed by atoms with van der Waals surface area (Å²) in [5, 5.41) is 10.0. The van der Waals surface area contributed by atoms with Gasteiger partial charge in [0.2, 0.25) is 0 Å². The van der Waals surface area contributed by atoms with E-state index < -0.39 is 0 Å². The Hall–Kier alpha value is -0.340. The molecule has 0 radical (unpaired) electrons. The molecule has 1 aliphatic heterocycles. The highest BCUT2D eigenvalue weighted by Crippen LogP contribution is 2.62. The highest BCUT2D eigenvalue weighted by Gasteiger charge is 2.69. The van der Waals surface area contributed by atoms with E-state index in [0.29, 0.717) is 6.10 Å². The molecule has 2 fully saturated rings. The molecule has 1 spiro atoms. The van der Waals surface area contributed by atoms with E-state index in [1.54, 1.807) is 0 Å². The lowest BCUT2D eigenvalue weighted by Crippen LogP contribution is -2.49. The van der Waals surface area contributed by atoms with Crippen molar-refractivity contribution in [3.05, 3.63) is 12.2 Å². The van der Waals surface area contributed by atoms with Gasteiger partial charge in [-0.25, -0.2) is 0 Å². The summed E-state index contributed by atoms with van der Waals surface area (Å²) in [4.78, 5) is 0. The summed E-state index contributed by atoms with van der Waals surface area (Å²) >= 11 is 0. The first-order valence-electron chi connectivity index (χ1n) is 5.23. The van der Waals surface area contributed by atoms with Gasteiger partial charge in [0.05, 0.1) is 12.2 Å². The molecule has 1 heterocycles. The topological polar surface area (TPSA) is 32.8 Å². The Morgan fingerprint density at radius 2 is 2.38 bits per heavy atom. The number of aliphatic hydroxyl groups is 1. The monoisotopic (exact) mass is 180 g/mol. The van der Waals surface area contributed by atoms with Crippen LogP contribution in [0.1, 0.15) is 32.6 Å². The number of hydrogen-bond donors (Lipinski definition) is 1. The Labute approximate surface area is 78.6 Å². The van der Waals surface area contributed by atoms with Crippen LogP contribution < -0.4 is 0 Å². The molecule has 1 N–H and O–H groups in total. The molecule has 2 aliphatic carbocycles. The van der Waals surface area contributed by atoms with Gasteiger partial charge in [-0.15, -0.1) is 0 Å². The molecule has 2 nitrogen and oxygen atoms in total. The van der Waals surface area contributed by atoms with Crippen LogP contribution in [0, 0.1) is 5.41 Å². The molecule has 0 aromatic heterocycles. The van der Waals surface area contributed by atoms with E-state index in [2.05, 4.69) is 19.1 Å². The van der Waals surface area contributed by atoms with E-state index in [1.807, 2.05) is 0 Å². The fraction of sp³-hybridized carbons (Fsp3) is 0.818. The minimum absolute atomic E-state index is 0.0133. The number of ether oxygens (including phenoxy) is 1. The van der Waals surface area contributed by atoms with Gasteiger partial charge in [0.15, 0.2) is 0 Å². The molecule has 1 saturated heterocycles. The summed E-state index contributed by atoms with van der Waals surface area (Å²) < 4.78 is 5.82. The third kappa shape index (κ3) is 0.767. The van der Waals surface area contributed by atoms with Crippen LogP contribution in [0.3, 0.4) is 0 Å². The summed E-state index contributed by atoms with van der Waals surface area (Å²) in [5.41, 5.74) is -0.0897. The number of epoxide rings is 1. The zero-order valence-electron chi connectivity index (χ0n) is 7.99. The standard InChI is InChI=1S/C11H16O2/c1-10-6-3-5-9-11(10,13-9)7-2-4-8(10)12/h3,6,8-9,12H,2,4-5,7H2,1H3/t8-,9?,10+,11?/m0/s1. The van der Waals surface area contributed by atoms with Gasteiger partial charge in [-0.1, -0.05) is 19.1 Å². The molecule has 0 aromatic rings. The molecule has 72 valence electrons. The van der Waals surface area contributed by atoms with E-state index in [0.717, 1.165) is 25.7 Å². The van der Waals surface area contributed by atoms with Crippen molar-refractivity contribution in [2.75, 3.05) is 0 Å². The quantitative estimate of drug-likeness (QED) is 0.454. The number of hydrogen-bond acceptors (Lipinski definition) is 2. The number of rotatable bonds is 0. The van der Waals surface area contributed by atoms with Crippen LogP contribution >= 0.6 is 0 Å². The average molecular weight is 180 g/mol. The predicted molar refractivity (Wildman–Crippen MR) is 49.3 cm³/mol. The SMILES string of the molecule is C[C@]12C=CCC3OC31CCC[C@@H]2O. The zero-order valence-corrected chi connectivity index (χ0v) is 7.99. The van der Waals surface area contributed by atoms with E-state index in [1.165, 1.54) is 0 Å². The van der Waals surface area contributed by atoms with Crippen LogP contribution in [0.2, 0.25) is 0 Å². The van der Waals surface area contributed by atoms with Crippen molar-refractivity contribution in [3.63, 3.8) is 0 Å². The second-order valence-electron chi connectivity index (χ2n) is 4.82. The molecule has 3 rings (SSSR count). The molecule has 0 aromatic carbocycles.